The van der Waals surface area contributed by atoms with Crippen molar-refractivity contribution in [3.8, 4) is 0 Å². The fourth-order valence-corrected chi connectivity index (χ4v) is 2.36. The second-order valence-corrected chi connectivity index (χ2v) is 4.72. The van der Waals surface area contributed by atoms with Gasteiger partial charge >= 0.3 is 5.97 Å². The van der Waals surface area contributed by atoms with Gasteiger partial charge in [0.15, 0.2) is 5.69 Å². The summed E-state index contributed by atoms with van der Waals surface area (Å²) in [5.41, 5.74) is 0.196. The van der Waals surface area contributed by atoms with Gasteiger partial charge in [-0.25, -0.2) is 9.78 Å². The van der Waals surface area contributed by atoms with Gasteiger partial charge in [-0.05, 0) is 19.8 Å². The SMILES string of the molecule is Cc1nc(C(=O)O)c(N(C)C2CC2)s1. The standard InChI is InChI=1S/C9H12N2O2S/c1-5-10-7(9(12)13)8(14-5)11(2)6-3-4-6/h6H,3-4H2,1-2H3,(H,12,13). The minimum Gasteiger partial charge on any atom is -0.476 e. The first kappa shape index (κ1) is 9.45. The number of hydrogen-bond donors (Lipinski definition) is 1. The van der Waals surface area contributed by atoms with Crippen LogP contribution in [0.4, 0.5) is 5.00 Å². The van der Waals surface area contributed by atoms with Crippen molar-refractivity contribution >= 4 is 22.3 Å². The number of carbonyl (C=O) groups is 1. The first-order valence-corrected chi connectivity index (χ1v) is 5.35. The molecule has 0 aliphatic heterocycles. The number of thiazole rings is 1. The highest BCUT2D eigenvalue weighted by atomic mass is 32.1. The summed E-state index contributed by atoms with van der Waals surface area (Å²) in [6, 6.07) is 0.521. The number of anilines is 1. The largest absolute Gasteiger partial charge is 0.476 e. The van der Waals surface area contributed by atoms with E-state index in [9.17, 15) is 4.79 Å². The van der Waals surface area contributed by atoms with Crippen molar-refractivity contribution in [1.29, 1.82) is 0 Å². The van der Waals surface area contributed by atoms with E-state index in [2.05, 4.69) is 4.98 Å². The maximum atomic E-state index is 10.9. The van der Waals surface area contributed by atoms with Crippen molar-refractivity contribution in [2.24, 2.45) is 0 Å². The third kappa shape index (κ3) is 1.59. The molecule has 0 saturated heterocycles. The third-order valence-corrected chi connectivity index (χ3v) is 3.40. The number of aromatic carboxylic acids is 1. The normalized spacial score (nSPS) is 15.6. The predicted octanol–water partition coefficient (Wildman–Crippen LogP) is 1.75. The average Bonchev–Trinajstić information content (AvgIpc) is 2.87. The van der Waals surface area contributed by atoms with Gasteiger partial charge in [0.05, 0.1) is 5.01 Å². The lowest BCUT2D eigenvalue weighted by atomic mass is 10.4. The Hall–Kier alpha value is -1.10. The van der Waals surface area contributed by atoms with Gasteiger partial charge in [0, 0.05) is 13.1 Å². The fourth-order valence-electron chi connectivity index (χ4n) is 1.42. The van der Waals surface area contributed by atoms with Crippen molar-refractivity contribution < 1.29 is 9.90 Å². The number of rotatable bonds is 3. The summed E-state index contributed by atoms with van der Waals surface area (Å²) in [4.78, 5) is 17.0. The first-order chi connectivity index (χ1) is 6.59. The van der Waals surface area contributed by atoms with Crippen LogP contribution in [0.3, 0.4) is 0 Å². The zero-order chi connectivity index (χ0) is 10.3. The van der Waals surface area contributed by atoms with Crippen LogP contribution in [0.15, 0.2) is 0 Å². The molecular weight excluding hydrogens is 200 g/mol. The van der Waals surface area contributed by atoms with E-state index in [1.807, 2.05) is 18.9 Å². The zero-order valence-electron chi connectivity index (χ0n) is 8.15. The number of carboxylic acids is 1. The second-order valence-electron chi connectivity index (χ2n) is 3.53. The van der Waals surface area contributed by atoms with Gasteiger partial charge in [-0.3, -0.25) is 0 Å². The molecule has 0 radical (unpaired) electrons. The van der Waals surface area contributed by atoms with E-state index in [1.165, 1.54) is 11.3 Å². The van der Waals surface area contributed by atoms with Crippen LogP contribution in [-0.4, -0.2) is 29.1 Å². The van der Waals surface area contributed by atoms with Crippen LogP contribution < -0.4 is 4.90 Å². The average molecular weight is 212 g/mol. The highest BCUT2D eigenvalue weighted by Crippen LogP contribution is 2.35. The van der Waals surface area contributed by atoms with Gasteiger partial charge in [0.25, 0.3) is 0 Å². The van der Waals surface area contributed by atoms with Crippen molar-refractivity contribution in [3.63, 3.8) is 0 Å². The van der Waals surface area contributed by atoms with E-state index in [0.29, 0.717) is 6.04 Å². The molecule has 0 amide bonds. The van der Waals surface area contributed by atoms with Gasteiger partial charge < -0.3 is 10.0 Å². The Morgan fingerprint density at radius 2 is 2.29 bits per heavy atom. The molecule has 1 aromatic rings. The van der Waals surface area contributed by atoms with Gasteiger partial charge in [-0.15, -0.1) is 11.3 Å². The highest BCUT2D eigenvalue weighted by molar-refractivity contribution is 7.16. The van der Waals surface area contributed by atoms with Gasteiger partial charge in [-0.1, -0.05) is 0 Å². The lowest BCUT2D eigenvalue weighted by molar-refractivity contribution is 0.0692. The molecule has 1 N–H and O–H groups in total. The lowest BCUT2D eigenvalue weighted by Crippen LogP contribution is -2.20. The summed E-state index contributed by atoms with van der Waals surface area (Å²) in [6.07, 6.45) is 2.32. The molecular formula is C9H12N2O2S. The van der Waals surface area contributed by atoms with E-state index in [1.54, 1.807) is 0 Å². The van der Waals surface area contributed by atoms with Gasteiger partial charge in [0.1, 0.15) is 5.00 Å². The molecule has 14 heavy (non-hydrogen) atoms. The molecule has 0 atom stereocenters. The third-order valence-electron chi connectivity index (χ3n) is 2.33. The second kappa shape index (κ2) is 3.24. The summed E-state index contributed by atoms with van der Waals surface area (Å²) in [5.74, 6) is -0.933. The smallest absolute Gasteiger partial charge is 0.357 e. The molecule has 0 unspecified atom stereocenters. The summed E-state index contributed by atoms with van der Waals surface area (Å²) in [6.45, 7) is 1.83. The summed E-state index contributed by atoms with van der Waals surface area (Å²) >= 11 is 1.45. The molecule has 1 aliphatic carbocycles. The van der Waals surface area contributed by atoms with Crippen LogP contribution in [0, 0.1) is 6.92 Å². The molecule has 1 saturated carbocycles. The Morgan fingerprint density at radius 3 is 2.79 bits per heavy atom. The van der Waals surface area contributed by atoms with Crippen LogP contribution in [0.2, 0.25) is 0 Å². The Balaban J connectivity index is 2.34. The minimum atomic E-state index is -0.933. The molecule has 4 nitrogen and oxygen atoms in total. The minimum absolute atomic E-state index is 0.196. The number of aryl methyl sites for hydroxylation is 1. The van der Waals surface area contributed by atoms with E-state index in [0.717, 1.165) is 22.9 Å². The molecule has 76 valence electrons. The lowest BCUT2D eigenvalue weighted by Gasteiger charge is -2.15. The van der Waals surface area contributed by atoms with Crippen molar-refractivity contribution in [1.82, 2.24) is 4.98 Å². The van der Waals surface area contributed by atoms with E-state index in [-0.39, 0.29) is 5.69 Å². The van der Waals surface area contributed by atoms with Crippen LogP contribution in [0.5, 0.6) is 0 Å². The molecule has 1 aliphatic rings. The molecule has 0 aromatic carbocycles. The molecule has 2 rings (SSSR count). The quantitative estimate of drug-likeness (QED) is 0.829. The van der Waals surface area contributed by atoms with Crippen molar-refractivity contribution in [3.05, 3.63) is 10.7 Å². The molecule has 0 spiro atoms. The van der Waals surface area contributed by atoms with Crippen molar-refractivity contribution in [2.75, 3.05) is 11.9 Å². The Morgan fingerprint density at radius 1 is 1.64 bits per heavy atom. The molecule has 1 aromatic heterocycles. The van der Waals surface area contributed by atoms with Gasteiger partial charge in [-0.2, -0.15) is 0 Å². The maximum absolute atomic E-state index is 10.9. The van der Waals surface area contributed by atoms with Crippen LogP contribution >= 0.6 is 11.3 Å². The number of aromatic nitrogens is 1. The molecule has 1 heterocycles. The van der Waals surface area contributed by atoms with Crippen LogP contribution in [0.25, 0.3) is 0 Å². The predicted molar refractivity (Wildman–Crippen MR) is 55.2 cm³/mol. The zero-order valence-corrected chi connectivity index (χ0v) is 8.97. The molecule has 1 fully saturated rings. The van der Waals surface area contributed by atoms with Gasteiger partial charge in [0.2, 0.25) is 0 Å². The Labute approximate surface area is 86.2 Å². The Kier molecular flexibility index (Phi) is 2.19. The molecule has 5 heteroatoms. The summed E-state index contributed by atoms with van der Waals surface area (Å²) in [5, 5.41) is 10.5. The first-order valence-electron chi connectivity index (χ1n) is 4.53. The maximum Gasteiger partial charge on any atom is 0.357 e. The number of hydrogen-bond acceptors (Lipinski definition) is 4. The molecule has 0 bridgehead atoms. The Bertz CT molecular complexity index is 371. The van der Waals surface area contributed by atoms with E-state index >= 15 is 0 Å². The number of nitrogens with zero attached hydrogens (tertiary/aromatic N) is 2. The van der Waals surface area contributed by atoms with Crippen LogP contribution in [-0.2, 0) is 0 Å². The van der Waals surface area contributed by atoms with E-state index < -0.39 is 5.97 Å². The van der Waals surface area contributed by atoms with E-state index in [4.69, 9.17) is 5.11 Å². The van der Waals surface area contributed by atoms with Crippen LogP contribution in [0.1, 0.15) is 28.3 Å². The fraction of sp³-hybridized carbons (Fsp3) is 0.556. The number of carboxylic acid groups (broad SMARTS) is 1. The highest BCUT2D eigenvalue weighted by Gasteiger charge is 2.30. The monoisotopic (exact) mass is 212 g/mol. The topological polar surface area (TPSA) is 53.4 Å². The summed E-state index contributed by atoms with van der Waals surface area (Å²) in [7, 11) is 1.94. The summed E-state index contributed by atoms with van der Waals surface area (Å²) < 4.78 is 0. The van der Waals surface area contributed by atoms with Crippen molar-refractivity contribution in [2.45, 2.75) is 25.8 Å².